The van der Waals surface area contributed by atoms with Crippen LogP contribution in [0.2, 0.25) is 0 Å². The maximum atomic E-state index is 11.6. The molecule has 1 aromatic heterocycles. The summed E-state index contributed by atoms with van der Waals surface area (Å²) in [5, 5.41) is 3.25. The van der Waals surface area contributed by atoms with Crippen molar-refractivity contribution in [3.63, 3.8) is 0 Å². The van der Waals surface area contributed by atoms with E-state index in [1.54, 1.807) is 30.0 Å². The fourth-order valence-corrected chi connectivity index (χ4v) is 1.54. The number of rotatable bonds is 4. The summed E-state index contributed by atoms with van der Waals surface area (Å²) < 4.78 is 0.674. The number of hydrogen-bond donors (Lipinski definition) is 1. The standard InChI is InChI=1S/C10H13BrN2OS/c1-7(15-2)6-12-10(14)8-4-3-5-9(11)13-8/h3-5,7H,6H2,1-2H3,(H,12,14). The molecule has 0 aromatic carbocycles. The number of halogens is 1. The minimum Gasteiger partial charge on any atom is -0.350 e. The minimum atomic E-state index is -0.128. The van der Waals surface area contributed by atoms with Crippen molar-refractivity contribution in [2.75, 3.05) is 12.8 Å². The molecule has 0 spiro atoms. The monoisotopic (exact) mass is 288 g/mol. The number of nitrogens with one attached hydrogen (secondary N) is 1. The Kier molecular flexibility index (Phi) is 5.11. The summed E-state index contributed by atoms with van der Waals surface area (Å²) in [4.78, 5) is 15.7. The third-order valence-corrected chi connectivity index (χ3v) is 3.31. The summed E-state index contributed by atoms with van der Waals surface area (Å²) in [5.41, 5.74) is 0.442. The molecule has 1 unspecified atom stereocenters. The van der Waals surface area contributed by atoms with Crippen LogP contribution in [0.25, 0.3) is 0 Å². The van der Waals surface area contributed by atoms with Gasteiger partial charge in [-0.1, -0.05) is 13.0 Å². The van der Waals surface area contributed by atoms with Crippen LogP contribution in [0.15, 0.2) is 22.8 Å². The molecule has 1 amide bonds. The van der Waals surface area contributed by atoms with Crippen molar-refractivity contribution in [3.05, 3.63) is 28.5 Å². The average Bonchev–Trinajstić information content (AvgIpc) is 2.25. The van der Waals surface area contributed by atoms with Crippen molar-refractivity contribution in [2.24, 2.45) is 0 Å². The lowest BCUT2D eigenvalue weighted by Gasteiger charge is -2.09. The first-order chi connectivity index (χ1) is 7.13. The van der Waals surface area contributed by atoms with E-state index >= 15 is 0 Å². The van der Waals surface area contributed by atoms with Gasteiger partial charge < -0.3 is 5.32 Å². The van der Waals surface area contributed by atoms with Gasteiger partial charge in [-0.15, -0.1) is 0 Å². The summed E-state index contributed by atoms with van der Waals surface area (Å²) >= 11 is 4.95. The second kappa shape index (κ2) is 6.12. The molecule has 0 aliphatic rings. The van der Waals surface area contributed by atoms with Gasteiger partial charge in [0.1, 0.15) is 10.3 Å². The molecule has 0 fully saturated rings. The number of carbonyl (C=O) groups is 1. The molecule has 1 rings (SSSR count). The molecule has 0 bridgehead atoms. The van der Waals surface area contributed by atoms with Crippen LogP contribution >= 0.6 is 27.7 Å². The van der Waals surface area contributed by atoms with E-state index in [-0.39, 0.29) is 5.91 Å². The van der Waals surface area contributed by atoms with E-state index in [0.717, 1.165) is 0 Å². The van der Waals surface area contributed by atoms with Crippen molar-refractivity contribution < 1.29 is 4.79 Å². The quantitative estimate of drug-likeness (QED) is 0.865. The predicted molar refractivity (Wildman–Crippen MR) is 67.2 cm³/mol. The van der Waals surface area contributed by atoms with E-state index in [9.17, 15) is 4.79 Å². The largest absolute Gasteiger partial charge is 0.350 e. The van der Waals surface area contributed by atoms with Crippen LogP contribution < -0.4 is 5.32 Å². The highest BCUT2D eigenvalue weighted by Gasteiger charge is 2.08. The smallest absolute Gasteiger partial charge is 0.269 e. The SMILES string of the molecule is CSC(C)CNC(=O)c1cccc(Br)n1. The van der Waals surface area contributed by atoms with Crippen LogP contribution in [-0.4, -0.2) is 28.9 Å². The van der Waals surface area contributed by atoms with Crippen molar-refractivity contribution in [2.45, 2.75) is 12.2 Å². The Hall–Kier alpha value is -0.550. The van der Waals surface area contributed by atoms with E-state index in [2.05, 4.69) is 33.2 Å². The molecular weight excluding hydrogens is 276 g/mol. The molecule has 5 heteroatoms. The summed E-state index contributed by atoms with van der Waals surface area (Å²) in [5.74, 6) is -0.128. The Balaban J connectivity index is 2.54. The third kappa shape index (κ3) is 4.22. The number of nitrogens with zero attached hydrogens (tertiary/aromatic N) is 1. The van der Waals surface area contributed by atoms with E-state index in [4.69, 9.17) is 0 Å². The summed E-state index contributed by atoms with van der Waals surface area (Å²) in [7, 11) is 0. The Labute approximate surface area is 102 Å². The van der Waals surface area contributed by atoms with Gasteiger partial charge in [-0.05, 0) is 34.3 Å². The average molecular weight is 289 g/mol. The second-order valence-corrected chi connectivity index (χ2v) is 5.19. The molecule has 0 saturated heterocycles. The number of pyridine rings is 1. The highest BCUT2D eigenvalue weighted by Crippen LogP contribution is 2.07. The number of carbonyl (C=O) groups excluding carboxylic acids is 1. The normalized spacial score (nSPS) is 12.2. The van der Waals surface area contributed by atoms with Gasteiger partial charge in [-0.2, -0.15) is 11.8 Å². The molecule has 0 saturated carbocycles. The Morgan fingerprint density at radius 1 is 1.67 bits per heavy atom. The fourth-order valence-electron chi connectivity index (χ4n) is 0.945. The Morgan fingerprint density at radius 2 is 2.40 bits per heavy atom. The fraction of sp³-hybridized carbons (Fsp3) is 0.400. The first-order valence-corrected chi connectivity index (χ1v) is 6.65. The number of aromatic nitrogens is 1. The molecule has 1 heterocycles. The Morgan fingerprint density at radius 3 is 3.00 bits per heavy atom. The lowest BCUT2D eigenvalue weighted by Crippen LogP contribution is -2.29. The van der Waals surface area contributed by atoms with Crippen LogP contribution in [-0.2, 0) is 0 Å². The van der Waals surface area contributed by atoms with E-state index in [1.165, 1.54) is 0 Å². The maximum absolute atomic E-state index is 11.6. The van der Waals surface area contributed by atoms with Crippen LogP contribution in [0.1, 0.15) is 17.4 Å². The molecule has 1 atom stereocenters. The van der Waals surface area contributed by atoms with Crippen molar-refractivity contribution in [1.29, 1.82) is 0 Å². The third-order valence-electron chi connectivity index (χ3n) is 1.90. The minimum absolute atomic E-state index is 0.128. The van der Waals surface area contributed by atoms with Crippen LogP contribution in [0.3, 0.4) is 0 Å². The van der Waals surface area contributed by atoms with Crippen molar-refractivity contribution in [1.82, 2.24) is 10.3 Å². The van der Waals surface area contributed by atoms with Gasteiger partial charge in [-0.25, -0.2) is 4.98 Å². The molecule has 0 aliphatic heterocycles. The van der Waals surface area contributed by atoms with Crippen molar-refractivity contribution in [3.8, 4) is 0 Å². The predicted octanol–water partition coefficient (Wildman–Crippen LogP) is 2.33. The molecule has 1 aromatic rings. The first kappa shape index (κ1) is 12.5. The van der Waals surface area contributed by atoms with Gasteiger partial charge in [0.15, 0.2) is 0 Å². The van der Waals surface area contributed by atoms with Gasteiger partial charge >= 0.3 is 0 Å². The molecule has 1 N–H and O–H groups in total. The first-order valence-electron chi connectivity index (χ1n) is 4.57. The number of thioether (sulfide) groups is 1. The number of amides is 1. The van der Waals surface area contributed by atoms with Gasteiger partial charge in [-0.3, -0.25) is 4.79 Å². The summed E-state index contributed by atoms with van der Waals surface area (Å²) in [6.07, 6.45) is 2.02. The zero-order valence-electron chi connectivity index (χ0n) is 8.66. The lowest BCUT2D eigenvalue weighted by atomic mass is 10.3. The molecule has 15 heavy (non-hydrogen) atoms. The van der Waals surface area contributed by atoms with Gasteiger partial charge in [0.05, 0.1) is 0 Å². The van der Waals surface area contributed by atoms with Crippen LogP contribution in [0.5, 0.6) is 0 Å². The van der Waals surface area contributed by atoms with Crippen LogP contribution in [0.4, 0.5) is 0 Å². The van der Waals surface area contributed by atoms with Crippen LogP contribution in [0, 0.1) is 0 Å². The summed E-state index contributed by atoms with van der Waals surface area (Å²) in [6, 6.07) is 5.29. The zero-order valence-corrected chi connectivity index (χ0v) is 11.1. The van der Waals surface area contributed by atoms with Gasteiger partial charge in [0.25, 0.3) is 5.91 Å². The van der Waals surface area contributed by atoms with E-state index in [0.29, 0.717) is 22.1 Å². The summed E-state index contributed by atoms with van der Waals surface area (Å²) in [6.45, 7) is 2.73. The topological polar surface area (TPSA) is 42.0 Å². The van der Waals surface area contributed by atoms with Gasteiger partial charge in [0.2, 0.25) is 0 Å². The highest BCUT2D eigenvalue weighted by atomic mass is 79.9. The highest BCUT2D eigenvalue weighted by molar-refractivity contribution is 9.10. The Bertz CT molecular complexity index is 346. The molecule has 0 radical (unpaired) electrons. The van der Waals surface area contributed by atoms with Gasteiger partial charge in [0, 0.05) is 11.8 Å². The number of hydrogen-bond acceptors (Lipinski definition) is 3. The second-order valence-electron chi connectivity index (χ2n) is 3.10. The van der Waals surface area contributed by atoms with E-state index in [1.807, 2.05) is 6.26 Å². The molecule has 3 nitrogen and oxygen atoms in total. The molecular formula is C10H13BrN2OS. The molecule has 0 aliphatic carbocycles. The lowest BCUT2D eigenvalue weighted by molar-refractivity contribution is 0.0949. The zero-order chi connectivity index (χ0) is 11.3. The maximum Gasteiger partial charge on any atom is 0.269 e. The van der Waals surface area contributed by atoms with Crippen molar-refractivity contribution >= 4 is 33.6 Å². The molecule has 82 valence electrons. The van der Waals surface area contributed by atoms with E-state index < -0.39 is 0 Å².